The van der Waals surface area contributed by atoms with Crippen LogP contribution in [0.5, 0.6) is 0 Å². The van der Waals surface area contributed by atoms with Gasteiger partial charge in [0.15, 0.2) is 0 Å². The number of carbonyl (C=O) groups is 1. The van der Waals surface area contributed by atoms with Crippen LogP contribution in [0.25, 0.3) is 11.0 Å². The summed E-state index contributed by atoms with van der Waals surface area (Å²) in [6.45, 7) is 4.04. The lowest BCUT2D eigenvalue weighted by atomic mass is 10.3. The van der Waals surface area contributed by atoms with Crippen molar-refractivity contribution in [2.45, 2.75) is 19.5 Å². The van der Waals surface area contributed by atoms with E-state index in [9.17, 15) is 4.79 Å². The van der Waals surface area contributed by atoms with Gasteiger partial charge >= 0.3 is 0 Å². The Labute approximate surface area is 157 Å². The zero-order valence-electron chi connectivity index (χ0n) is 15.0. The average molecular weight is 366 g/mol. The number of ether oxygens (including phenoxy) is 1. The number of aromatic nitrogens is 4. The van der Waals surface area contributed by atoms with E-state index in [1.54, 1.807) is 12.7 Å². The summed E-state index contributed by atoms with van der Waals surface area (Å²) in [4.78, 5) is 27.3. The van der Waals surface area contributed by atoms with Crippen LogP contribution in [0.1, 0.15) is 12.1 Å². The lowest BCUT2D eigenvalue weighted by Crippen LogP contribution is -2.37. The van der Waals surface area contributed by atoms with Crippen LogP contribution in [0.15, 0.2) is 43.0 Å². The van der Waals surface area contributed by atoms with Gasteiger partial charge in [0.25, 0.3) is 0 Å². The fourth-order valence-electron chi connectivity index (χ4n) is 3.14. The van der Waals surface area contributed by atoms with E-state index in [1.165, 1.54) is 0 Å². The van der Waals surface area contributed by atoms with Gasteiger partial charge in [0, 0.05) is 32.1 Å². The second kappa shape index (κ2) is 8.13. The number of nitrogens with one attached hydrogen (secondary N) is 1. The van der Waals surface area contributed by atoms with Crippen molar-refractivity contribution in [2.24, 2.45) is 0 Å². The standard InChI is InChI=1S/C19H22N6O2/c26-19(5-6-25-14-23-16-3-1-2-4-17(16)25)20-12-15-11-18(22-13-21-15)24-7-9-27-10-8-24/h1-4,11,13-14H,5-10,12H2,(H,20,26). The number of benzene rings is 1. The van der Waals surface area contributed by atoms with E-state index in [0.717, 1.165) is 35.6 Å². The number of amides is 1. The summed E-state index contributed by atoms with van der Waals surface area (Å²) in [5.74, 6) is 0.863. The van der Waals surface area contributed by atoms with Crippen LogP contribution in [0.2, 0.25) is 0 Å². The Morgan fingerprint density at radius 2 is 2.00 bits per heavy atom. The van der Waals surface area contributed by atoms with Gasteiger partial charge in [-0.2, -0.15) is 0 Å². The molecule has 27 heavy (non-hydrogen) atoms. The number of anilines is 1. The van der Waals surface area contributed by atoms with Crippen molar-refractivity contribution in [1.82, 2.24) is 24.8 Å². The molecule has 1 saturated heterocycles. The fraction of sp³-hybridized carbons (Fsp3) is 0.368. The number of hydrogen-bond acceptors (Lipinski definition) is 6. The van der Waals surface area contributed by atoms with E-state index >= 15 is 0 Å². The van der Waals surface area contributed by atoms with Crippen LogP contribution in [-0.4, -0.2) is 51.7 Å². The number of morpholine rings is 1. The molecule has 1 aromatic carbocycles. The predicted molar refractivity (Wildman–Crippen MR) is 101 cm³/mol. The molecular weight excluding hydrogens is 344 g/mol. The Bertz CT molecular complexity index is 919. The highest BCUT2D eigenvalue weighted by atomic mass is 16.5. The van der Waals surface area contributed by atoms with Crippen LogP contribution in [0.4, 0.5) is 5.82 Å². The second-order valence-corrected chi connectivity index (χ2v) is 6.42. The van der Waals surface area contributed by atoms with Crippen LogP contribution in [0.3, 0.4) is 0 Å². The molecule has 1 fully saturated rings. The quantitative estimate of drug-likeness (QED) is 0.709. The first-order valence-electron chi connectivity index (χ1n) is 9.10. The number of carbonyl (C=O) groups excluding carboxylic acids is 1. The maximum atomic E-state index is 12.2. The lowest BCUT2D eigenvalue weighted by molar-refractivity contribution is -0.121. The molecule has 0 atom stereocenters. The molecule has 3 aromatic rings. The first-order chi connectivity index (χ1) is 13.3. The summed E-state index contributed by atoms with van der Waals surface area (Å²) in [6.07, 6.45) is 3.71. The molecule has 2 aromatic heterocycles. The van der Waals surface area contributed by atoms with Crippen molar-refractivity contribution in [1.29, 1.82) is 0 Å². The highest BCUT2D eigenvalue weighted by molar-refractivity contribution is 5.77. The molecule has 0 aliphatic carbocycles. The minimum atomic E-state index is -0.0145. The maximum Gasteiger partial charge on any atom is 0.222 e. The fourth-order valence-corrected chi connectivity index (χ4v) is 3.14. The molecule has 1 aliphatic heterocycles. The van der Waals surface area contributed by atoms with E-state index in [-0.39, 0.29) is 5.91 Å². The normalized spacial score (nSPS) is 14.4. The molecule has 1 amide bonds. The van der Waals surface area contributed by atoms with E-state index in [2.05, 4.69) is 25.2 Å². The molecule has 0 bridgehead atoms. The minimum Gasteiger partial charge on any atom is -0.378 e. The average Bonchev–Trinajstić information content (AvgIpc) is 3.15. The minimum absolute atomic E-state index is 0.0145. The number of aryl methyl sites for hydroxylation is 1. The van der Waals surface area contributed by atoms with Gasteiger partial charge in [0.2, 0.25) is 5.91 Å². The molecule has 0 unspecified atom stereocenters. The van der Waals surface area contributed by atoms with Gasteiger partial charge in [-0.3, -0.25) is 4.79 Å². The molecule has 4 rings (SSSR count). The number of fused-ring (bicyclic) bond motifs is 1. The third-order valence-corrected chi connectivity index (χ3v) is 4.62. The summed E-state index contributed by atoms with van der Waals surface area (Å²) in [7, 11) is 0. The Hall–Kier alpha value is -3.00. The summed E-state index contributed by atoms with van der Waals surface area (Å²) in [5.41, 5.74) is 2.78. The summed E-state index contributed by atoms with van der Waals surface area (Å²) >= 11 is 0. The summed E-state index contributed by atoms with van der Waals surface area (Å²) in [6, 6.07) is 9.83. The van der Waals surface area contributed by atoms with Crippen LogP contribution in [-0.2, 0) is 22.6 Å². The Morgan fingerprint density at radius 1 is 1.15 bits per heavy atom. The monoisotopic (exact) mass is 366 g/mol. The SMILES string of the molecule is O=C(CCn1cnc2ccccc21)NCc1cc(N2CCOCC2)ncn1. The van der Waals surface area contributed by atoms with Crippen molar-refractivity contribution in [3.8, 4) is 0 Å². The van der Waals surface area contributed by atoms with Gasteiger partial charge in [-0.15, -0.1) is 0 Å². The predicted octanol–water partition coefficient (Wildman–Crippen LogP) is 1.37. The Morgan fingerprint density at radius 3 is 2.89 bits per heavy atom. The number of imidazole rings is 1. The highest BCUT2D eigenvalue weighted by Crippen LogP contribution is 2.13. The van der Waals surface area contributed by atoms with Gasteiger partial charge in [-0.05, 0) is 12.1 Å². The molecular formula is C19H22N6O2. The zero-order chi connectivity index (χ0) is 18.5. The Kier molecular flexibility index (Phi) is 5.24. The maximum absolute atomic E-state index is 12.2. The number of nitrogens with zero attached hydrogens (tertiary/aromatic N) is 5. The Balaban J connectivity index is 1.30. The molecule has 3 heterocycles. The largest absolute Gasteiger partial charge is 0.378 e. The van der Waals surface area contributed by atoms with Gasteiger partial charge in [0.1, 0.15) is 12.1 Å². The summed E-state index contributed by atoms with van der Waals surface area (Å²) < 4.78 is 7.36. The van der Waals surface area contributed by atoms with E-state index < -0.39 is 0 Å². The smallest absolute Gasteiger partial charge is 0.222 e. The first-order valence-corrected chi connectivity index (χ1v) is 9.10. The van der Waals surface area contributed by atoms with Crippen molar-refractivity contribution in [3.63, 3.8) is 0 Å². The number of hydrogen-bond donors (Lipinski definition) is 1. The van der Waals surface area contributed by atoms with Gasteiger partial charge in [-0.1, -0.05) is 12.1 Å². The molecule has 8 heteroatoms. The molecule has 8 nitrogen and oxygen atoms in total. The molecule has 140 valence electrons. The topological polar surface area (TPSA) is 85.2 Å². The first kappa shape index (κ1) is 17.4. The van der Waals surface area contributed by atoms with Crippen molar-refractivity contribution in [2.75, 3.05) is 31.2 Å². The van der Waals surface area contributed by atoms with E-state index in [4.69, 9.17) is 4.74 Å². The van der Waals surface area contributed by atoms with Crippen LogP contribution >= 0.6 is 0 Å². The number of para-hydroxylation sites is 2. The second-order valence-electron chi connectivity index (χ2n) is 6.42. The third kappa shape index (κ3) is 4.22. The van der Waals surface area contributed by atoms with Crippen molar-refractivity contribution < 1.29 is 9.53 Å². The molecule has 0 spiro atoms. The van der Waals surface area contributed by atoms with Crippen LogP contribution in [0, 0.1) is 0 Å². The van der Waals surface area contributed by atoms with Gasteiger partial charge < -0.3 is 19.5 Å². The van der Waals surface area contributed by atoms with Gasteiger partial charge in [0.05, 0.1) is 42.8 Å². The van der Waals surface area contributed by atoms with Crippen molar-refractivity contribution >= 4 is 22.8 Å². The highest BCUT2D eigenvalue weighted by Gasteiger charge is 2.13. The lowest BCUT2D eigenvalue weighted by Gasteiger charge is -2.27. The van der Waals surface area contributed by atoms with Crippen molar-refractivity contribution in [3.05, 3.63) is 48.7 Å². The van der Waals surface area contributed by atoms with Crippen LogP contribution < -0.4 is 10.2 Å². The van der Waals surface area contributed by atoms with E-state index in [0.29, 0.717) is 32.7 Å². The molecule has 1 aliphatic rings. The summed E-state index contributed by atoms with van der Waals surface area (Å²) in [5, 5.41) is 2.93. The zero-order valence-corrected chi connectivity index (χ0v) is 15.0. The molecule has 0 radical (unpaired) electrons. The number of rotatable bonds is 6. The van der Waals surface area contributed by atoms with Gasteiger partial charge in [-0.25, -0.2) is 15.0 Å². The molecule has 0 saturated carbocycles. The molecule has 1 N–H and O–H groups in total. The van der Waals surface area contributed by atoms with E-state index in [1.807, 2.05) is 34.9 Å². The third-order valence-electron chi connectivity index (χ3n) is 4.62.